The van der Waals surface area contributed by atoms with Crippen LogP contribution in [-0.4, -0.2) is 18.0 Å². The van der Waals surface area contributed by atoms with E-state index in [0.717, 1.165) is 6.42 Å². The summed E-state index contributed by atoms with van der Waals surface area (Å²) in [7, 11) is 0. The molecule has 2 amide bonds. The minimum atomic E-state index is -0.571. The summed E-state index contributed by atoms with van der Waals surface area (Å²) < 4.78 is 0. The van der Waals surface area contributed by atoms with Crippen LogP contribution in [0.1, 0.15) is 53.3 Å². The fourth-order valence-electron chi connectivity index (χ4n) is 1.46. The average molecular weight is 280 g/mol. The predicted octanol–water partition coefficient (Wildman–Crippen LogP) is 0.695. The van der Waals surface area contributed by atoms with Gasteiger partial charge in [-0.15, -0.1) is 0 Å². The van der Waals surface area contributed by atoms with Gasteiger partial charge in [0, 0.05) is 11.1 Å². The number of unbranched alkanes of at least 4 members (excludes halogenated alkanes) is 2. The molecule has 1 rings (SSSR count). The summed E-state index contributed by atoms with van der Waals surface area (Å²) in [6, 6.07) is 5.97. The van der Waals surface area contributed by atoms with Gasteiger partial charge in [0.05, 0.1) is 6.17 Å². The smallest absolute Gasteiger partial charge is 0.248 e. The van der Waals surface area contributed by atoms with Gasteiger partial charge >= 0.3 is 0 Å². The topological polar surface area (TPSA) is 138 Å². The molecule has 0 bridgehead atoms. The second-order valence-corrected chi connectivity index (χ2v) is 4.47. The van der Waals surface area contributed by atoms with E-state index < -0.39 is 11.8 Å². The maximum absolute atomic E-state index is 10.6. The van der Waals surface area contributed by atoms with Crippen LogP contribution in [0.5, 0.6) is 0 Å². The third-order valence-corrected chi connectivity index (χ3v) is 2.57. The molecule has 0 saturated heterocycles. The Hall–Kier alpha value is -1.92. The first kappa shape index (κ1) is 18.1. The Morgan fingerprint density at radius 2 is 1.55 bits per heavy atom. The van der Waals surface area contributed by atoms with Gasteiger partial charge in [-0.05, 0) is 24.6 Å². The lowest BCUT2D eigenvalue weighted by Gasteiger charge is -2.01. The fraction of sp³-hybridized carbons (Fsp3) is 0.429. The van der Waals surface area contributed by atoms with E-state index in [4.69, 9.17) is 22.9 Å². The van der Waals surface area contributed by atoms with Gasteiger partial charge in [0.15, 0.2) is 0 Å². The number of hydrogen-bond donors (Lipinski definition) is 4. The molecule has 0 fully saturated rings. The fourth-order valence-corrected chi connectivity index (χ4v) is 1.46. The van der Waals surface area contributed by atoms with E-state index >= 15 is 0 Å². The van der Waals surface area contributed by atoms with Crippen molar-refractivity contribution in [3.8, 4) is 0 Å². The van der Waals surface area contributed by atoms with Crippen molar-refractivity contribution in [2.45, 2.75) is 38.8 Å². The number of primary amides is 2. The molecule has 6 nitrogen and oxygen atoms in total. The molecule has 0 spiro atoms. The number of carbonyl (C=O) groups excluding carboxylic acids is 2. The minimum absolute atomic E-state index is 0.0958. The zero-order chi connectivity index (χ0) is 15.5. The summed E-state index contributed by atoms with van der Waals surface area (Å²) in [6.07, 6.45) is 4.54. The molecule has 0 atom stereocenters. The Balaban J connectivity index is 0.000000396. The highest BCUT2D eigenvalue weighted by Gasteiger charge is 2.03. The molecular formula is C14H24N4O2. The number of carbonyl (C=O) groups is 2. The standard InChI is InChI=1S/C8H8N2O2.C6H16N2/c9-7(11)5-2-1-3-6(4-5)8(10)12;1-2-3-4-5-6(7)8/h1-4H,(H2,9,11)(H2,10,12);6H,2-5,7-8H2,1H3. The molecule has 112 valence electrons. The highest BCUT2D eigenvalue weighted by molar-refractivity contribution is 5.98. The number of benzene rings is 1. The molecule has 8 N–H and O–H groups in total. The molecule has 0 radical (unpaired) electrons. The lowest BCUT2D eigenvalue weighted by atomic mass is 10.1. The number of hydrogen-bond acceptors (Lipinski definition) is 4. The van der Waals surface area contributed by atoms with Gasteiger partial charge in [0.25, 0.3) is 0 Å². The molecular weight excluding hydrogens is 256 g/mol. The van der Waals surface area contributed by atoms with E-state index in [2.05, 4.69) is 6.92 Å². The second-order valence-electron chi connectivity index (χ2n) is 4.47. The Bertz CT molecular complexity index is 404. The number of rotatable bonds is 6. The summed E-state index contributed by atoms with van der Waals surface area (Å²) in [5.74, 6) is -1.14. The van der Waals surface area contributed by atoms with Crippen LogP contribution in [0.15, 0.2) is 24.3 Å². The molecule has 0 aliphatic carbocycles. The van der Waals surface area contributed by atoms with Crippen LogP contribution in [0, 0.1) is 0 Å². The first-order valence-corrected chi connectivity index (χ1v) is 6.59. The van der Waals surface area contributed by atoms with E-state index in [1.54, 1.807) is 6.07 Å². The summed E-state index contributed by atoms with van der Waals surface area (Å²) >= 11 is 0. The van der Waals surface area contributed by atoms with Crippen molar-refractivity contribution in [1.82, 2.24) is 0 Å². The van der Waals surface area contributed by atoms with Gasteiger partial charge in [-0.25, -0.2) is 0 Å². The van der Waals surface area contributed by atoms with E-state index in [9.17, 15) is 9.59 Å². The monoisotopic (exact) mass is 280 g/mol. The van der Waals surface area contributed by atoms with Crippen molar-refractivity contribution in [3.05, 3.63) is 35.4 Å². The Kier molecular flexibility index (Phi) is 8.98. The zero-order valence-electron chi connectivity index (χ0n) is 11.8. The lowest BCUT2D eigenvalue weighted by molar-refractivity contribution is 0.0999. The molecule has 20 heavy (non-hydrogen) atoms. The maximum atomic E-state index is 10.6. The largest absolute Gasteiger partial charge is 0.366 e. The van der Waals surface area contributed by atoms with E-state index in [1.165, 1.54) is 37.5 Å². The van der Waals surface area contributed by atoms with Crippen molar-refractivity contribution in [2.24, 2.45) is 22.9 Å². The molecule has 0 aliphatic heterocycles. The van der Waals surface area contributed by atoms with Gasteiger partial charge in [0.1, 0.15) is 0 Å². The summed E-state index contributed by atoms with van der Waals surface area (Å²) in [4.78, 5) is 21.3. The number of nitrogens with two attached hydrogens (primary N) is 4. The Labute approximate surface area is 119 Å². The van der Waals surface area contributed by atoms with Crippen LogP contribution >= 0.6 is 0 Å². The third kappa shape index (κ3) is 8.23. The van der Waals surface area contributed by atoms with Crippen LogP contribution < -0.4 is 22.9 Å². The molecule has 0 aliphatic rings. The SMILES string of the molecule is CCCCCC(N)N.NC(=O)c1cccc(C(N)=O)c1. The van der Waals surface area contributed by atoms with Crippen LogP contribution in [0.4, 0.5) is 0 Å². The van der Waals surface area contributed by atoms with E-state index in [1.807, 2.05) is 0 Å². The molecule has 1 aromatic carbocycles. The highest BCUT2D eigenvalue weighted by Crippen LogP contribution is 2.03. The van der Waals surface area contributed by atoms with Crippen molar-refractivity contribution in [2.75, 3.05) is 0 Å². The first-order valence-electron chi connectivity index (χ1n) is 6.59. The summed E-state index contributed by atoms with van der Waals surface area (Å²) in [5.41, 5.74) is 21.2. The van der Waals surface area contributed by atoms with Crippen molar-refractivity contribution in [1.29, 1.82) is 0 Å². The van der Waals surface area contributed by atoms with Crippen molar-refractivity contribution < 1.29 is 9.59 Å². The summed E-state index contributed by atoms with van der Waals surface area (Å²) in [6.45, 7) is 2.17. The van der Waals surface area contributed by atoms with Gasteiger partial charge in [-0.2, -0.15) is 0 Å². The van der Waals surface area contributed by atoms with Crippen molar-refractivity contribution >= 4 is 11.8 Å². The van der Waals surface area contributed by atoms with E-state index in [-0.39, 0.29) is 17.3 Å². The molecule has 6 heteroatoms. The third-order valence-electron chi connectivity index (χ3n) is 2.57. The summed E-state index contributed by atoms with van der Waals surface area (Å²) in [5, 5.41) is 0. The Morgan fingerprint density at radius 1 is 1.05 bits per heavy atom. The minimum Gasteiger partial charge on any atom is -0.366 e. The predicted molar refractivity (Wildman–Crippen MR) is 79.8 cm³/mol. The second kappa shape index (κ2) is 9.94. The lowest BCUT2D eigenvalue weighted by Crippen LogP contribution is -2.29. The van der Waals surface area contributed by atoms with Gasteiger partial charge in [-0.3, -0.25) is 9.59 Å². The van der Waals surface area contributed by atoms with Crippen LogP contribution in [0.25, 0.3) is 0 Å². The van der Waals surface area contributed by atoms with Crippen LogP contribution in [-0.2, 0) is 0 Å². The average Bonchev–Trinajstić information content (AvgIpc) is 2.39. The van der Waals surface area contributed by atoms with Gasteiger partial charge in [0.2, 0.25) is 11.8 Å². The van der Waals surface area contributed by atoms with Gasteiger partial charge in [-0.1, -0.05) is 32.3 Å². The van der Waals surface area contributed by atoms with E-state index in [0.29, 0.717) is 0 Å². The van der Waals surface area contributed by atoms with Crippen molar-refractivity contribution in [3.63, 3.8) is 0 Å². The highest BCUT2D eigenvalue weighted by atomic mass is 16.1. The molecule has 0 aromatic heterocycles. The Morgan fingerprint density at radius 3 is 1.90 bits per heavy atom. The zero-order valence-corrected chi connectivity index (χ0v) is 11.8. The van der Waals surface area contributed by atoms with Crippen LogP contribution in [0.2, 0.25) is 0 Å². The normalized spacial score (nSPS) is 9.80. The van der Waals surface area contributed by atoms with Gasteiger partial charge < -0.3 is 22.9 Å². The first-order chi connectivity index (χ1) is 9.38. The van der Waals surface area contributed by atoms with Crippen LogP contribution in [0.3, 0.4) is 0 Å². The quantitative estimate of drug-likeness (QED) is 0.450. The molecule has 0 saturated carbocycles. The number of amides is 2. The molecule has 0 heterocycles. The molecule has 1 aromatic rings. The maximum Gasteiger partial charge on any atom is 0.248 e. The molecule has 0 unspecified atom stereocenters.